The largest absolute Gasteiger partial charge is 0.454 e. The quantitative estimate of drug-likeness (QED) is 0.708. The van der Waals surface area contributed by atoms with Crippen molar-refractivity contribution in [1.29, 1.82) is 0 Å². The van der Waals surface area contributed by atoms with Crippen molar-refractivity contribution in [2.75, 3.05) is 43.2 Å². The first-order valence-electron chi connectivity index (χ1n) is 9.71. The molecule has 1 saturated heterocycles. The number of piperazine rings is 1. The lowest BCUT2D eigenvalue weighted by Gasteiger charge is -2.35. The average Bonchev–Trinajstić information content (AvgIpc) is 3.28. The summed E-state index contributed by atoms with van der Waals surface area (Å²) in [5.41, 5.74) is 1.47. The monoisotopic (exact) mass is 404 g/mol. The zero-order valence-electron chi connectivity index (χ0n) is 16.2. The van der Waals surface area contributed by atoms with Crippen LogP contribution >= 0.6 is 0 Å². The fourth-order valence-electron chi connectivity index (χ4n) is 3.50. The van der Waals surface area contributed by atoms with E-state index in [-0.39, 0.29) is 12.7 Å². The van der Waals surface area contributed by atoms with E-state index in [9.17, 15) is 4.79 Å². The second-order valence-corrected chi connectivity index (χ2v) is 6.99. The van der Waals surface area contributed by atoms with Gasteiger partial charge in [0.05, 0.1) is 11.9 Å². The highest BCUT2D eigenvalue weighted by molar-refractivity contribution is 5.95. The Morgan fingerprint density at radius 2 is 1.83 bits per heavy atom. The summed E-state index contributed by atoms with van der Waals surface area (Å²) in [5.74, 6) is 2.74. The van der Waals surface area contributed by atoms with Crippen molar-refractivity contribution in [3.8, 4) is 11.5 Å². The van der Waals surface area contributed by atoms with Crippen LogP contribution in [0.2, 0.25) is 0 Å². The van der Waals surface area contributed by atoms with Crippen molar-refractivity contribution in [2.24, 2.45) is 0 Å². The predicted octanol–water partition coefficient (Wildman–Crippen LogP) is 2.31. The van der Waals surface area contributed by atoms with Crippen LogP contribution in [0.3, 0.4) is 0 Å². The summed E-state index contributed by atoms with van der Waals surface area (Å²) >= 11 is 0. The van der Waals surface area contributed by atoms with Crippen LogP contribution in [0, 0.1) is 0 Å². The van der Waals surface area contributed by atoms with Gasteiger partial charge < -0.3 is 24.6 Å². The van der Waals surface area contributed by atoms with Crippen LogP contribution in [-0.2, 0) is 0 Å². The zero-order valence-corrected chi connectivity index (χ0v) is 16.2. The maximum atomic E-state index is 12.8. The van der Waals surface area contributed by atoms with Gasteiger partial charge in [-0.3, -0.25) is 9.78 Å². The molecule has 9 nitrogen and oxygen atoms in total. The number of ether oxygens (including phenoxy) is 2. The number of benzene rings is 1. The van der Waals surface area contributed by atoms with Crippen molar-refractivity contribution >= 4 is 23.2 Å². The predicted molar refractivity (Wildman–Crippen MR) is 110 cm³/mol. The third-order valence-electron chi connectivity index (χ3n) is 5.09. The lowest BCUT2D eigenvalue weighted by Crippen LogP contribution is -2.49. The lowest BCUT2D eigenvalue weighted by molar-refractivity contribution is 0.0746. The number of nitrogens with one attached hydrogen (secondary N) is 1. The SMILES string of the molecule is O=C(c1ccc2c(c1)OCO2)N1CCN(c2ccc(Nc3cccnc3)nn2)CC1. The molecule has 0 bridgehead atoms. The highest BCUT2D eigenvalue weighted by Gasteiger charge is 2.24. The van der Waals surface area contributed by atoms with E-state index in [4.69, 9.17) is 9.47 Å². The Kier molecular flexibility index (Phi) is 4.76. The van der Waals surface area contributed by atoms with Gasteiger partial charge in [-0.15, -0.1) is 10.2 Å². The van der Waals surface area contributed by atoms with Gasteiger partial charge in [0.15, 0.2) is 23.1 Å². The number of amides is 1. The molecule has 2 aromatic heterocycles. The van der Waals surface area contributed by atoms with E-state index in [1.165, 1.54) is 0 Å². The third kappa shape index (κ3) is 3.69. The van der Waals surface area contributed by atoms with Gasteiger partial charge in [-0.25, -0.2) is 0 Å². The molecule has 5 rings (SSSR count). The van der Waals surface area contributed by atoms with Crippen LogP contribution in [0.1, 0.15) is 10.4 Å². The summed E-state index contributed by atoms with van der Waals surface area (Å²) in [6.45, 7) is 2.82. The fourth-order valence-corrected chi connectivity index (χ4v) is 3.50. The Bertz CT molecular complexity index is 1040. The summed E-state index contributed by atoms with van der Waals surface area (Å²) in [6.07, 6.45) is 3.45. The first-order valence-corrected chi connectivity index (χ1v) is 9.71. The maximum absolute atomic E-state index is 12.8. The van der Waals surface area contributed by atoms with E-state index in [2.05, 4.69) is 25.4 Å². The third-order valence-corrected chi connectivity index (χ3v) is 5.09. The Labute approximate surface area is 173 Å². The number of rotatable bonds is 4. The van der Waals surface area contributed by atoms with E-state index in [0.717, 1.165) is 11.5 Å². The van der Waals surface area contributed by atoms with E-state index < -0.39 is 0 Å². The maximum Gasteiger partial charge on any atom is 0.254 e. The second-order valence-electron chi connectivity index (χ2n) is 6.99. The molecule has 9 heteroatoms. The van der Waals surface area contributed by atoms with E-state index in [1.807, 2.05) is 29.2 Å². The minimum Gasteiger partial charge on any atom is -0.454 e. The van der Waals surface area contributed by atoms with E-state index in [1.54, 1.807) is 30.6 Å². The number of nitrogens with zero attached hydrogens (tertiary/aromatic N) is 5. The molecule has 1 amide bonds. The van der Waals surface area contributed by atoms with E-state index >= 15 is 0 Å². The van der Waals surface area contributed by atoms with Gasteiger partial charge in [0.1, 0.15) is 0 Å². The highest BCUT2D eigenvalue weighted by Crippen LogP contribution is 2.33. The van der Waals surface area contributed by atoms with Gasteiger partial charge in [-0.1, -0.05) is 0 Å². The number of aromatic nitrogens is 3. The molecule has 0 aliphatic carbocycles. The van der Waals surface area contributed by atoms with Gasteiger partial charge in [-0.2, -0.15) is 0 Å². The van der Waals surface area contributed by atoms with Crippen molar-refractivity contribution in [1.82, 2.24) is 20.1 Å². The molecule has 0 atom stereocenters. The van der Waals surface area contributed by atoms with Crippen LogP contribution in [0.5, 0.6) is 11.5 Å². The molecule has 152 valence electrons. The van der Waals surface area contributed by atoms with Gasteiger partial charge in [-0.05, 0) is 42.5 Å². The summed E-state index contributed by atoms with van der Waals surface area (Å²) in [6, 6.07) is 12.9. The average molecular weight is 404 g/mol. The zero-order chi connectivity index (χ0) is 20.3. The van der Waals surface area contributed by atoms with Gasteiger partial charge >= 0.3 is 0 Å². The Morgan fingerprint density at radius 1 is 0.967 bits per heavy atom. The van der Waals surface area contributed by atoms with Gasteiger partial charge in [0.25, 0.3) is 5.91 Å². The van der Waals surface area contributed by atoms with Crippen molar-refractivity contribution < 1.29 is 14.3 Å². The number of hydrogen-bond donors (Lipinski definition) is 1. The van der Waals surface area contributed by atoms with Gasteiger partial charge in [0.2, 0.25) is 6.79 Å². The number of pyridine rings is 1. The summed E-state index contributed by atoms with van der Waals surface area (Å²) in [4.78, 5) is 20.9. The number of anilines is 3. The molecule has 1 N–H and O–H groups in total. The fraction of sp³-hybridized carbons (Fsp3) is 0.238. The molecule has 3 aromatic rings. The molecule has 2 aliphatic heterocycles. The van der Waals surface area contributed by atoms with E-state index in [0.29, 0.717) is 49.1 Å². The molecule has 0 unspecified atom stereocenters. The minimum atomic E-state index is -0.00458. The summed E-state index contributed by atoms with van der Waals surface area (Å²) in [7, 11) is 0. The molecule has 1 aromatic carbocycles. The Morgan fingerprint density at radius 3 is 2.60 bits per heavy atom. The van der Waals surface area contributed by atoms with Crippen LogP contribution in [0.15, 0.2) is 54.9 Å². The topological polar surface area (TPSA) is 92.7 Å². The summed E-state index contributed by atoms with van der Waals surface area (Å²) < 4.78 is 10.7. The Hall–Kier alpha value is -3.88. The molecule has 4 heterocycles. The molecule has 0 radical (unpaired) electrons. The van der Waals surface area contributed by atoms with Crippen LogP contribution in [0.4, 0.5) is 17.3 Å². The molecule has 1 fully saturated rings. The smallest absolute Gasteiger partial charge is 0.254 e. The van der Waals surface area contributed by atoms with Crippen molar-refractivity contribution in [3.63, 3.8) is 0 Å². The van der Waals surface area contributed by atoms with Crippen LogP contribution < -0.4 is 19.7 Å². The van der Waals surface area contributed by atoms with Gasteiger partial charge in [0, 0.05) is 37.9 Å². The van der Waals surface area contributed by atoms with Crippen molar-refractivity contribution in [3.05, 3.63) is 60.4 Å². The van der Waals surface area contributed by atoms with Crippen molar-refractivity contribution in [2.45, 2.75) is 0 Å². The molecule has 0 spiro atoms. The second kappa shape index (κ2) is 7.86. The molecule has 2 aliphatic rings. The number of hydrogen-bond acceptors (Lipinski definition) is 8. The molecule has 0 saturated carbocycles. The standard InChI is InChI=1S/C21H20N6O3/c28-21(15-3-4-17-18(12-15)30-14-29-17)27-10-8-26(9-11-27)20-6-5-19(24-25-20)23-16-2-1-7-22-13-16/h1-7,12-13H,8-11,14H2,(H,23,24). The minimum absolute atomic E-state index is 0.00458. The molecule has 30 heavy (non-hydrogen) atoms. The molecular formula is C21H20N6O3. The molecular weight excluding hydrogens is 384 g/mol. The first-order chi connectivity index (χ1) is 14.8. The summed E-state index contributed by atoms with van der Waals surface area (Å²) in [5, 5.41) is 11.7. The van der Waals surface area contributed by atoms with Crippen LogP contribution in [-0.4, -0.2) is 59.0 Å². The first kappa shape index (κ1) is 18.2. The normalized spacial score (nSPS) is 15.2. The number of carbonyl (C=O) groups excluding carboxylic acids is 1. The number of fused-ring (bicyclic) bond motifs is 1. The lowest BCUT2D eigenvalue weighted by atomic mass is 10.1. The highest BCUT2D eigenvalue weighted by atomic mass is 16.7. The van der Waals surface area contributed by atoms with Crippen LogP contribution in [0.25, 0.3) is 0 Å². The Balaban J connectivity index is 1.19. The number of carbonyl (C=O) groups is 1.